The summed E-state index contributed by atoms with van der Waals surface area (Å²) in [5.41, 5.74) is 2.86. The molecule has 1 N–H and O–H groups in total. The molecule has 0 atom stereocenters. The highest BCUT2D eigenvalue weighted by atomic mass is 32.2. The molecule has 112 valence electrons. The Balaban J connectivity index is 1.58. The van der Waals surface area contributed by atoms with Crippen LogP contribution in [0, 0.1) is 0 Å². The van der Waals surface area contributed by atoms with Gasteiger partial charge in [0.05, 0.1) is 5.75 Å². The summed E-state index contributed by atoms with van der Waals surface area (Å²) >= 11 is 2.87. The molecule has 1 heterocycles. The zero-order valence-corrected chi connectivity index (χ0v) is 13.5. The van der Waals surface area contributed by atoms with Crippen LogP contribution in [0.5, 0.6) is 0 Å². The molecule has 0 aliphatic carbocycles. The van der Waals surface area contributed by atoms with Gasteiger partial charge in [-0.3, -0.25) is 4.79 Å². The van der Waals surface area contributed by atoms with E-state index in [4.69, 9.17) is 0 Å². The maximum absolute atomic E-state index is 11.7. The van der Waals surface area contributed by atoms with Crippen molar-refractivity contribution in [3.63, 3.8) is 0 Å². The van der Waals surface area contributed by atoms with Crippen LogP contribution in [0.15, 0.2) is 40.2 Å². The number of carbonyl (C=O) groups is 1. The summed E-state index contributed by atoms with van der Waals surface area (Å²) in [7, 11) is 2.06. The molecular formula is C14H18N4OS2. The van der Waals surface area contributed by atoms with E-state index in [9.17, 15) is 4.79 Å². The maximum atomic E-state index is 11.7. The first-order valence-electron chi connectivity index (χ1n) is 6.67. The van der Waals surface area contributed by atoms with Gasteiger partial charge in [-0.1, -0.05) is 41.3 Å². The van der Waals surface area contributed by atoms with E-state index in [2.05, 4.69) is 39.6 Å². The Labute approximate surface area is 132 Å². The number of amides is 1. The van der Waals surface area contributed by atoms with Gasteiger partial charge in [0, 0.05) is 25.8 Å². The molecule has 21 heavy (non-hydrogen) atoms. The largest absolute Gasteiger partial charge is 0.375 e. The van der Waals surface area contributed by atoms with E-state index in [-0.39, 0.29) is 5.91 Å². The predicted octanol–water partition coefficient (Wildman–Crippen LogP) is 2.27. The minimum absolute atomic E-state index is 0.0394. The lowest BCUT2D eigenvalue weighted by Gasteiger charge is -2.19. The summed E-state index contributed by atoms with van der Waals surface area (Å²) in [5, 5.41) is 10.5. The molecule has 1 aromatic heterocycles. The van der Waals surface area contributed by atoms with E-state index < -0.39 is 0 Å². The monoisotopic (exact) mass is 322 g/mol. The van der Waals surface area contributed by atoms with Gasteiger partial charge in [-0.2, -0.15) is 0 Å². The average molecular weight is 322 g/mol. The van der Waals surface area contributed by atoms with Crippen molar-refractivity contribution in [3.05, 3.63) is 35.8 Å². The zero-order valence-electron chi connectivity index (χ0n) is 11.9. The van der Waals surface area contributed by atoms with E-state index in [0.29, 0.717) is 12.3 Å². The molecule has 0 aliphatic heterocycles. The Bertz CT molecular complexity index is 533. The molecule has 7 heteroatoms. The van der Waals surface area contributed by atoms with Gasteiger partial charge in [0.2, 0.25) is 5.91 Å². The quantitative estimate of drug-likeness (QED) is 0.597. The highest BCUT2D eigenvalue weighted by molar-refractivity contribution is 8.01. The normalized spacial score (nSPS) is 10.3. The van der Waals surface area contributed by atoms with E-state index in [0.717, 1.165) is 17.3 Å². The Morgan fingerprint density at radius 1 is 1.38 bits per heavy atom. The summed E-state index contributed by atoms with van der Waals surface area (Å²) < 4.78 is 0.828. The lowest BCUT2D eigenvalue weighted by Crippen LogP contribution is -2.29. The maximum Gasteiger partial charge on any atom is 0.230 e. The third kappa shape index (κ3) is 5.73. The van der Waals surface area contributed by atoms with Crippen molar-refractivity contribution in [1.82, 2.24) is 15.5 Å². The number of rotatable bonds is 8. The van der Waals surface area contributed by atoms with Crippen LogP contribution in [0.25, 0.3) is 0 Å². The fourth-order valence-electron chi connectivity index (χ4n) is 1.76. The number of aromatic nitrogens is 2. The van der Waals surface area contributed by atoms with Crippen molar-refractivity contribution in [2.45, 2.75) is 10.8 Å². The second kappa shape index (κ2) is 8.63. The first-order valence-corrected chi connectivity index (χ1v) is 8.54. The second-order valence-electron chi connectivity index (χ2n) is 4.45. The van der Waals surface area contributed by atoms with Crippen LogP contribution >= 0.6 is 23.1 Å². The van der Waals surface area contributed by atoms with Crippen LogP contribution in [0.3, 0.4) is 0 Å². The summed E-state index contributed by atoms with van der Waals surface area (Å²) in [6.45, 7) is 1.60. The lowest BCUT2D eigenvalue weighted by atomic mass is 10.3. The van der Waals surface area contributed by atoms with Gasteiger partial charge in [-0.05, 0) is 18.6 Å². The smallest absolute Gasteiger partial charge is 0.230 e. The zero-order chi connectivity index (χ0) is 14.9. The molecule has 0 unspecified atom stereocenters. The minimum atomic E-state index is 0.0394. The Kier molecular flexibility index (Phi) is 6.49. The number of nitrogens with zero attached hydrogens (tertiary/aromatic N) is 3. The predicted molar refractivity (Wildman–Crippen MR) is 88.0 cm³/mol. The molecule has 1 aromatic carbocycles. The fourth-order valence-corrected chi connectivity index (χ4v) is 3.08. The molecule has 0 aliphatic rings. The number of benzene rings is 1. The molecule has 0 bridgehead atoms. The topological polar surface area (TPSA) is 58.1 Å². The summed E-state index contributed by atoms with van der Waals surface area (Å²) in [4.78, 5) is 13.8. The van der Waals surface area contributed by atoms with Gasteiger partial charge in [0.25, 0.3) is 0 Å². The van der Waals surface area contributed by atoms with Crippen molar-refractivity contribution in [3.8, 4) is 0 Å². The number of thioether (sulfide) groups is 1. The summed E-state index contributed by atoms with van der Waals surface area (Å²) in [5.74, 6) is 0.432. The van der Waals surface area contributed by atoms with Gasteiger partial charge in [-0.25, -0.2) is 0 Å². The Hall–Kier alpha value is -1.60. The highest BCUT2D eigenvalue weighted by Gasteiger charge is 2.05. The van der Waals surface area contributed by atoms with Gasteiger partial charge >= 0.3 is 0 Å². The molecular weight excluding hydrogens is 304 g/mol. The molecule has 0 radical (unpaired) electrons. The molecule has 2 aromatic rings. The summed E-state index contributed by atoms with van der Waals surface area (Å²) in [6.07, 6.45) is 0.917. The van der Waals surface area contributed by atoms with Crippen LogP contribution in [-0.4, -0.2) is 42.0 Å². The van der Waals surface area contributed by atoms with E-state index in [1.54, 1.807) is 5.51 Å². The minimum Gasteiger partial charge on any atom is -0.375 e. The van der Waals surface area contributed by atoms with Crippen molar-refractivity contribution in [1.29, 1.82) is 0 Å². The third-order valence-corrected chi connectivity index (χ3v) is 4.72. The lowest BCUT2D eigenvalue weighted by molar-refractivity contribution is -0.118. The number of anilines is 1. The van der Waals surface area contributed by atoms with Crippen LogP contribution in [0.4, 0.5) is 5.69 Å². The standard InChI is InChI=1S/C14H18N4OS2/c1-18(12-6-3-2-4-7-12)9-5-8-15-13(19)10-20-14-17-16-11-21-14/h2-4,6-7,11H,5,8-10H2,1H3,(H,15,19). The van der Waals surface area contributed by atoms with Gasteiger partial charge < -0.3 is 10.2 Å². The summed E-state index contributed by atoms with van der Waals surface area (Å²) in [6, 6.07) is 10.2. The van der Waals surface area contributed by atoms with Crippen molar-refractivity contribution < 1.29 is 4.79 Å². The van der Waals surface area contributed by atoms with Crippen LogP contribution in [-0.2, 0) is 4.79 Å². The van der Waals surface area contributed by atoms with Crippen molar-refractivity contribution in [2.24, 2.45) is 0 Å². The molecule has 0 saturated heterocycles. The molecule has 0 saturated carbocycles. The second-order valence-corrected chi connectivity index (χ2v) is 6.51. The van der Waals surface area contributed by atoms with Gasteiger partial charge in [-0.15, -0.1) is 10.2 Å². The third-order valence-electron chi connectivity index (χ3n) is 2.86. The van der Waals surface area contributed by atoms with E-state index >= 15 is 0 Å². The van der Waals surface area contributed by atoms with Crippen molar-refractivity contribution in [2.75, 3.05) is 30.8 Å². The average Bonchev–Trinajstić information content (AvgIpc) is 3.03. The Morgan fingerprint density at radius 2 is 2.19 bits per heavy atom. The van der Waals surface area contributed by atoms with E-state index in [1.165, 1.54) is 28.8 Å². The molecule has 5 nitrogen and oxygen atoms in total. The first kappa shape index (κ1) is 15.8. The number of para-hydroxylation sites is 1. The fraction of sp³-hybridized carbons (Fsp3) is 0.357. The van der Waals surface area contributed by atoms with Crippen LogP contribution in [0.2, 0.25) is 0 Å². The van der Waals surface area contributed by atoms with Crippen LogP contribution in [0.1, 0.15) is 6.42 Å². The SMILES string of the molecule is CN(CCCNC(=O)CSc1nncs1)c1ccccc1. The number of hydrogen-bond donors (Lipinski definition) is 1. The van der Waals surface area contributed by atoms with E-state index in [1.807, 2.05) is 18.2 Å². The van der Waals surface area contributed by atoms with Gasteiger partial charge in [0.1, 0.15) is 5.51 Å². The number of nitrogens with one attached hydrogen (secondary N) is 1. The van der Waals surface area contributed by atoms with Crippen LogP contribution < -0.4 is 10.2 Å². The first-order chi connectivity index (χ1) is 10.3. The molecule has 0 spiro atoms. The molecule has 2 rings (SSSR count). The molecule has 0 fully saturated rings. The Morgan fingerprint density at radius 3 is 2.90 bits per heavy atom. The van der Waals surface area contributed by atoms with Crippen molar-refractivity contribution >= 4 is 34.7 Å². The van der Waals surface area contributed by atoms with Gasteiger partial charge in [0.15, 0.2) is 4.34 Å². The number of carbonyl (C=O) groups excluding carboxylic acids is 1. The number of hydrogen-bond acceptors (Lipinski definition) is 6. The highest BCUT2D eigenvalue weighted by Crippen LogP contribution is 2.18. The molecule has 1 amide bonds.